The molecule has 2 heterocycles. The molecule has 7 heteroatoms. The maximum absolute atomic E-state index is 12.3. The van der Waals surface area contributed by atoms with E-state index in [-0.39, 0.29) is 23.5 Å². The van der Waals surface area contributed by atoms with Gasteiger partial charge < -0.3 is 15.4 Å². The van der Waals surface area contributed by atoms with Crippen molar-refractivity contribution in [2.45, 2.75) is 18.9 Å². The van der Waals surface area contributed by atoms with Crippen molar-refractivity contribution >= 4 is 29.1 Å². The zero-order valence-corrected chi connectivity index (χ0v) is 14.3. The van der Waals surface area contributed by atoms with Crippen LogP contribution >= 0.6 is 11.6 Å². The summed E-state index contributed by atoms with van der Waals surface area (Å²) >= 11 is 6.03. The smallest absolute Gasteiger partial charge is 0.257 e. The van der Waals surface area contributed by atoms with E-state index in [4.69, 9.17) is 16.3 Å². The van der Waals surface area contributed by atoms with E-state index in [1.807, 2.05) is 0 Å². The van der Waals surface area contributed by atoms with Crippen molar-refractivity contribution in [1.29, 1.82) is 0 Å². The van der Waals surface area contributed by atoms with Gasteiger partial charge in [0.15, 0.2) is 0 Å². The van der Waals surface area contributed by atoms with Crippen LogP contribution in [0.5, 0.6) is 0 Å². The Hall–Kier alpha value is -2.44. The number of benzene rings is 1. The van der Waals surface area contributed by atoms with Crippen LogP contribution in [0.1, 0.15) is 33.6 Å². The molecule has 6 nitrogen and oxygen atoms in total. The van der Waals surface area contributed by atoms with Crippen LogP contribution in [0, 0.1) is 0 Å². The number of carbonyl (C=O) groups is 2. The molecule has 2 amide bonds. The van der Waals surface area contributed by atoms with Gasteiger partial charge in [-0.15, -0.1) is 0 Å². The van der Waals surface area contributed by atoms with Crippen LogP contribution < -0.4 is 10.6 Å². The van der Waals surface area contributed by atoms with E-state index in [1.165, 1.54) is 18.5 Å². The minimum absolute atomic E-state index is 0.0589. The molecule has 2 N–H and O–H groups in total. The SMILES string of the molecule is O=C(NCC1CCCO1)c1cncc(C(=O)Nc2ccccc2Cl)c1. The summed E-state index contributed by atoms with van der Waals surface area (Å²) in [5, 5.41) is 5.96. The number of aromatic nitrogens is 1. The van der Waals surface area contributed by atoms with E-state index in [0.29, 0.717) is 22.8 Å². The minimum atomic E-state index is -0.380. The zero-order valence-electron chi connectivity index (χ0n) is 13.5. The maximum atomic E-state index is 12.3. The van der Waals surface area contributed by atoms with Gasteiger partial charge in [0.1, 0.15) is 0 Å². The average Bonchev–Trinajstić information content (AvgIpc) is 3.15. The Morgan fingerprint density at radius 1 is 1.20 bits per heavy atom. The Morgan fingerprint density at radius 2 is 1.96 bits per heavy atom. The molecule has 0 spiro atoms. The second-order valence-corrected chi connectivity index (χ2v) is 6.15. The molecule has 0 aliphatic carbocycles. The molecule has 2 aromatic rings. The van der Waals surface area contributed by atoms with Gasteiger partial charge in [-0.25, -0.2) is 0 Å². The van der Waals surface area contributed by atoms with E-state index in [0.717, 1.165) is 19.4 Å². The summed E-state index contributed by atoms with van der Waals surface area (Å²) in [5.41, 5.74) is 1.11. The first-order valence-electron chi connectivity index (χ1n) is 8.04. The lowest BCUT2D eigenvalue weighted by atomic mass is 10.1. The highest BCUT2D eigenvalue weighted by Gasteiger charge is 2.17. The summed E-state index contributed by atoms with van der Waals surface area (Å²) in [6.07, 6.45) is 4.85. The van der Waals surface area contributed by atoms with Gasteiger partial charge in [-0.3, -0.25) is 14.6 Å². The molecule has 3 rings (SSSR count). The van der Waals surface area contributed by atoms with Crippen LogP contribution in [-0.4, -0.2) is 36.1 Å². The largest absolute Gasteiger partial charge is 0.376 e. The Labute approximate surface area is 150 Å². The molecular formula is C18H18ClN3O3. The number of carbonyl (C=O) groups excluding carboxylic acids is 2. The fourth-order valence-corrected chi connectivity index (χ4v) is 2.74. The summed E-state index contributed by atoms with van der Waals surface area (Å²) in [6, 6.07) is 8.44. The molecule has 130 valence electrons. The van der Waals surface area contributed by atoms with Crippen LogP contribution in [0.15, 0.2) is 42.7 Å². The van der Waals surface area contributed by atoms with Crippen LogP contribution in [0.4, 0.5) is 5.69 Å². The van der Waals surface area contributed by atoms with Crippen LogP contribution in [0.3, 0.4) is 0 Å². The second kappa shape index (κ2) is 8.09. The molecule has 25 heavy (non-hydrogen) atoms. The standard InChI is InChI=1S/C18H18ClN3O3/c19-15-5-1-2-6-16(15)22-18(24)13-8-12(9-20-10-13)17(23)21-11-14-4-3-7-25-14/h1-2,5-6,8-10,14H,3-4,7,11H2,(H,21,23)(H,22,24). The van der Waals surface area contributed by atoms with Gasteiger partial charge in [-0.05, 0) is 31.0 Å². The van der Waals surface area contributed by atoms with Gasteiger partial charge in [0.2, 0.25) is 0 Å². The second-order valence-electron chi connectivity index (χ2n) is 5.74. The van der Waals surface area contributed by atoms with E-state index in [1.54, 1.807) is 24.3 Å². The number of rotatable bonds is 5. The summed E-state index contributed by atoms with van der Waals surface area (Å²) < 4.78 is 5.47. The van der Waals surface area contributed by atoms with E-state index in [2.05, 4.69) is 15.6 Å². The lowest BCUT2D eigenvalue weighted by molar-refractivity contribution is 0.0857. The van der Waals surface area contributed by atoms with Crippen molar-refractivity contribution < 1.29 is 14.3 Å². The third-order valence-electron chi connectivity index (χ3n) is 3.90. The van der Waals surface area contributed by atoms with Crippen LogP contribution in [0.25, 0.3) is 0 Å². The first-order chi connectivity index (χ1) is 12.1. The fraction of sp³-hybridized carbons (Fsp3) is 0.278. The molecule has 0 saturated carbocycles. The van der Waals surface area contributed by atoms with Gasteiger partial charge >= 0.3 is 0 Å². The number of anilines is 1. The summed E-state index contributed by atoms with van der Waals surface area (Å²) in [7, 11) is 0. The number of halogens is 1. The highest BCUT2D eigenvalue weighted by molar-refractivity contribution is 6.33. The number of nitrogens with zero attached hydrogens (tertiary/aromatic N) is 1. The predicted molar refractivity (Wildman–Crippen MR) is 94.9 cm³/mol. The number of hydrogen-bond acceptors (Lipinski definition) is 4. The van der Waals surface area contributed by atoms with E-state index in [9.17, 15) is 9.59 Å². The van der Waals surface area contributed by atoms with Crippen molar-refractivity contribution in [3.8, 4) is 0 Å². The third kappa shape index (κ3) is 4.55. The summed E-state index contributed by atoms with van der Waals surface area (Å²) in [5.74, 6) is -0.662. The highest BCUT2D eigenvalue weighted by atomic mass is 35.5. The molecule has 1 atom stereocenters. The number of ether oxygens (including phenoxy) is 1. The van der Waals surface area contributed by atoms with Gasteiger partial charge in [0, 0.05) is 25.5 Å². The Morgan fingerprint density at radius 3 is 2.68 bits per heavy atom. The lowest BCUT2D eigenvalue weighted by Crippen LogP contribution is -2.32. The van der Waals surface area contributed by atoms with Crippen molar-refractivity contribution in [3.05, 3.63) is 58.9 Å². The molecule has 1 aliphatic heterocycles. The average molecular weight is 360 g/mol. The quantitative estimate of drug-likeness (QED) is 0.860. The van der Waals surface area contributed by atoms with Crippen LogP contribution in [-0.2, 0) is 4.74 Å². The number of para-hydroxylation sites is 1. The molecule has 1 saturated heterocycles. The first-order valence-corrected chi connectivity index (χ1v) is 8.42. The maximum Gasteiger partial charge on any atom is 0.257 e. The lowest BCUT2D eigenvalue weighted by Gasteiger charge is -2.11. The van der Waals surface area contributed by atoms with Crippen molar-refractivity contribution in [2.24, 2.45) is 0 Å². The summed E-state index contributed by atoms with van der Waals surface area (Å²) in [4.78, 5) is 28.6. The Kier molecular flexibility index (Phi) is 5.63. The Bertz CT molecular complexity index is 776. The van der Waals surface area contributed by atoms with Crippen molar-refractivity contribution in [2.75, 3.05) is 18.5 Å². The molecule has 0 radical (unpaired) electrons. The summed E-state index contributed by atoms with van der Waals surface area (Å²) in [6.45, 7) is 1.19. The molecule has 1 aliphatic rings. The zero-order chi connectivity index (χ0) is 17.6. The Balaban J connectivity index is 1.64. The predicted octanol–water partition coefficient (Wildman–Crippen LogP) is 2.90. The number of pyridine rings is 1. The fourth-order valence-electron chi connectivity index (χ4n) is 2.56. The molecule has 1 fully saturated rings. The van der Waals surface area contributed by atoms with Gasteiger partial charge in [-0.2, -0.15) is 0 Å². The number of hydrogen-bond donors (Lipinski definition) is 2. The first kappa shape index (κ1) is 17.4. The van der Waals surface area contributed by atoms with E-state index < -0.39 is 0 Å². The van der Waals surface area contributed by atoms with Crippen LogP contribution in [0.2, 0.25) is 5.02 Å². The molecular weight excluding hydrogens is 342 g/mol. The molecule has 0 bridgehead atoms. The molecule has 1 unspecified atom stereocenters. The van der Waals surface area contributed by atoms with Crippen molar-refractivity contribution in [3.63, 3.8) is 0 Å². The molecule has 1 aromatic heterocycles. The van der Waals surface area contributed by atoms with Gasteiger partial charge in [-0.1, -0.05) is 23.7 Å². The molecule has 1 aromatic carbocycles. The monoisotopic (exact) mass is 359 g/mol. The van der Waals surface area contributed by atoms with Crippen molar-refractivity contribution in [1.82, 2.24) is 10.3 Å². The minimum Gasteiger partial charge on any atom is -0.376 e. The number of nitrogens with one attached hydrogen (secondary N) is 2. The normalized spacial score (nSPS) is 16.4. The highest BCUT2D eigenvalue weighted by Crippen LogP contribution is 2.21. The third-order valence-corrected chi connectivity index (χ3v) is 4.23. The van der Waals surface area contributed by atoms with Gasteiger partial charge in [0.25, 0.3) is 11.8 Å². The van der Waals surface area contributed by atoms with E-state index >= 15 is 0 Å². The number of amides is 2. The van der Waals surface area contributed by atoms with Gasteiger partial charge in [0.05, 0.1) is 27.9 Å². The topological polar surface area (TPSA) is 80.3 Å².